The Morgan fingerprint density at radius 1 is 1.37 bits per heavy atom. The van der Waals surface area contributed by atoms with Gasteiger partial charge in [-0.2, -0.15) is 0 Å². The third kappa shape index (κ3) is 4.33. The number of hydrogen-bond donors (Lipinski definition) is 2. The lowest BCUT2D eigenvalue weighted by molar-refractivity contribution is -0.129. The van der Waals surface area contributed by atoms with Crippen molar-refractivity contribution >= 4 is 22.7 Å². The Morgan fingerprint density at radius 3 is 2.85 bits per heavy atom. The maximum atomic E-state index is 12.5. The summed E-state index contributed by atoms with van der Waals surface area (Å²) in [6.45, 7) is 6.78. The molecule has 146 valence electrons. The van der Waals surface area contributed by atoms with Crippen molar-refractivity contribution in [3.05, 3.63) is 35.0 Å². The standard InChI is InChI=1S/C21H30N4O2/c1-5-18-14(2)17-10-15(6-7-19(17)23-18)12-22-21(27)16-11-20(26)25(13-16)9-8-24(3)4/h6-7,10,16,23H,5,8-9,11-13H2,1-4H3,(H,22,27). The van der Waals surface area contributed by atoms with E-state index in [0.29, 0.717) is 26.1 Å². The van der Waals surface area contributed by atoms with E-state index in [-0.39, 0.29) is 17.7 Å². The van der Waals surface area contributed by atoms with Gasteiger partial charge in [0.1, 0.15) is 0 Å². The van der Waals surface area contributed by atoms with Gasteiger partial charge in [0.05, 0.1) is 5.92 Å². The highest BCUT2D eigenvalue weighted by Gasteiger charge is 2.33. The Hall–Kier alpha value is -2.34. The molecule has 2 amide bonds. The van der Waals surface area contributed by atoms with Gasteiger partial charge in [-0.3, -0.25) is 9.59 Å². The quantitative estimate of drug-likeness (QED) is 0.784. The van der Waals surface area contributed by atoms with Crippen LogP contribution in [0.1, 0.15) is 30.2 Å². The second kappa shape index (κ2) is 8.13. The molecule has 0 radical (unpaired) electrons. The molecule has 1 aliphatic heterocycles. The zero-order valence-electron chi connectivity index (χ0n) is 16.8. The fourth-order valence-electron chi connectivity index (χ4n) is 3.71. The third-order valence-corrected chi connectivity index (χ3v) is 5.45. The van der Waals surface area contributed by atoms with E-state index in [0.717, 1.165) is 24.0 Å². The van der Waals surface area contributed by atoms with Crippen LogP contribution in [0.2, 0.25) is 0 Å². The number of nitrogens with one attached hydrogen (secondary N) is 2. The summed E-state index contributed by atoms with van der Waals surface area (Å²) < 4.78 is 0. The number of aromatic nitrogens is 1. The summed E-state index contributed by atoms with van der Waals surface area (Å²) in [4.78, 5) is 31.9. The smallest absolute Gasteiger partial charge is 0.225 e. The molecule has 1 aromatic carbocycles. The highest BCUT2D eigenvalue weighted by molar-refractivity contribution is 5.89. The maximum absolute atomic E-state index is 12.5. The molecule has 2 N–H and O–H groups in total. The largest absolute Gasteiger partial charge is 0.358 e. The van der Waals surface area contributed by atoms with Crippen LogP contribution in [0.3, 0.4) is 0 Å². The number of carbonyl (C=O) groups excluding carboxylic acids is 2. The molecule has 0 spiro atoms. The van der Waals surface area contributed by atoms with Crippen molar-refractivity contribution in [1.82, 2.24) is 20.1 Å². The van der Waals surface area contributed by atoms with E-state index in [1.165, 1.54) is 16.6 Å². The van der Waals surface area contributed by atoms with Crippen LogP contribution < -0.4 is 5.32 Å². The minimum absolute atomic E-state index is 0.0316. The van der Waals surface area contributed by atoms with Crippen LogP contribution in [0.15, 0.2) is 18.2 Å². The number of likely N-dealkylation sites (N-methyl/N-ethyl adjacent to an activating group) is 1. The summed E-state index contributed by atoms with van der Waals surface area (Å²) in [5.41, 5.74) is 4.75. The molecule has 1 fully saturated rings. The lowest BCUT2D eigenvalue weighted by Gasteiger charge is -2.19. The van der Waals surface area contributed by atoms with Gasteiger partial charge in [-0.15, -0.1) is 0 Å². The molecule has 0 bridgehead atoms. The highest BCUT2D eigenvalue weighted by Crippen LogP contribution is 2.23. The third-order valence-electron chi connectivity index (χ3n) is 5.45. The fourth-order valence-corrected chi connectivity index (χ4v) is 3.71. The molecule has 0 aliphatic carbocycles. The SMILES string of the molecule is CCc1[nH]c2ccc(CNC(=O)C3CC(=O)N(CCN(C)C)C3)cc2c1C. The summed E-state index contributed by atoms with van der Waals surface area (Å²) in [5, 5.41) is 4.23. The first-order chi connectivity index (χ1) is 12.9. The van der Waals surface area contributed by atoms with Gasteiger partial charge in [0.15, 0.2) is 0 Å². The van der Waals surface area contributed by atoms with Crippen LogP contribution in [0.5, 0.6) is 0 Å². The summed E-state index contributed by atoms with van der Waals surface area (Å²) in [6.07, 6.45) is 1.29. The lowest BCUT2D eigenvalue weighted by Crippen LogP contribution is -2.35. The van der Waals surface area contributed by atoms with E-state index in [2.05, 4.69) is 36.3 Å². The molecule has 1 aromatic heterocycles. The first kappa shape index (κ1) is 19.4. The number of hydrogen-bond acceptors (Lipinski definition) is 3. The average Bonchev–Trinajstić information content (AvgIpc) is 3.17. The van der Waals surface area contributed by atoms with Crippen LogP contribution in [-0.4, -0.2) is 60.3 Å². The topological polar surface area (TPSA) is 68.4 Å². The molecule has 27 heavy (non-hydrogen) atoms. The molecule has 1 aliphatic rings. The van der Waals surface area contributed by atoms with Crippen LogP contribution in [-0.2, 0) is 22.6 Å². The molecule has 0 saturated carbocycles. The molecule has 3 rings (SSSR count). The van der Waals surface area contributed by atoms with Gasteiger partial charge < -0.3 is 20.1 Å². The number of benzene rings is 1. The van der Waals surface area contributed by atoms with Crippen LogP contribution >= 0.6 is 0 Å². The molecule has 1 saturated heterocycles. The van der Waals surface area contributed by atoms with Crippen molar-refractivity contribution in [1.29, 1.82) is 0 Å². The molecule has 6 heteroatoms. The number of likely N-dealkylation sites (tertiary alicyclic amines) is 1. The van der Waals surface area contributed by atoms with E-state index >= 15 is 0 Å². The predicted molar refractivity (Wildman–Crippen MR) is 108 cm³/mol. The minimum Gasteiger partial charge on any atom is -0.358 e. The second-order valence-electron chi connectivity index (χ2n) is 7.72. The van der Waals surface area contributed by atoms with E-state index in [9.17, 15) is 9.59 Å². The van der Waals surface area contributed by atoms with Gasteiger partial charge in [0, 0.05) is 49.2 Å². The first-order valence-corrected chi connectivity index (χ1v) is 9.69. The predicted octanol–water partition coefficient (Wildman–Crippen LogP) is 2.07. The number of aromatic amines is 1. The van der Waals surface area contributed by atoms with Gasteiger partial charge in [-0.1, -0.05) is 13.0 Å². The Balaban J connectivity index is 1.58. The highest BCUT2D eigenvalue weighted by atomic mass is 16.2. The monoisotopic (exact) mass is 370 g/mol. The summed E-state index contributed by atoms with van der Waals surface area (Å²) in [5.74, 6) is -0.201. The Kier molecular flexibility index (Phi) is 5.85. The zero-order valence-corrected chi connectivity index (χ0v) is 16.8. The number of rotatable bonds is 7. The van der Waals surface area contributed by atoms with Gasteiger partial charge >= 0.3 is 0 Å². The molecule has 1 atom stereocenters. The number of carbonyl (C=O) groups is 2. The zero-order chi connectivity index (χ0) is 19.6. The van der Waals surface area contributed by atoms with Crippen LogP contribution in [0.25, 0.3) is 10.9 Å². The van der Waals surface area contributed by atoms with Crippen molar-refractivity contribution in [3.8, 4) is 0 Å². The molecule has 2 heterocycles. The maximum Gasteiger partial charge on any atom is 0.225 e. The van der Waals surface area contributed by atoms with Crippen molar-refractivity contribution in [2.75, 3.05) is 33.7 Å². The van der Waals surface area contributed by atoms with Gasteiger partial charge in [0.25, 0.3) is 0 Å². The normalized spacial score (nSPS) is 17.3. The summed E-state index contributed by atoms with van der Waals surface area (Å²) in [7, 11) is 3.97. The Bertz CT molecular complexity index is 840. The molecule has 2 aromatic rings. The Morgan fingerprint density at radius 2 is 2.15 bits per heavy atom. The van der Waals surface area contributed by atoms with Crippen molar-refractivity contribution in [2.24, 2.45) is 5.92 Å². The van der Waals surface area contributed by atoms with E-state index in [1.807, 2.05) is 25.1 Å². The van der Waals surface area contributed by atoms with Crippen LogP contribution in [0.4, 0.5) is 0 Å². The van der Waals surface area contributed by atoms with Gasteiger partial charge in [-0.25, -0.2) is 0 Å². The summed E-state index contributed by atoms with van der Waals surface area (Å²) in [6, 6.07) is 6.26. The number of fused-ring (bicyclic) bond motifs is 1. The lowest BCUT2D eigenvalue weighted by atomic mass is 10.1. The van der Waals surface area contributed by atoms with E-state index < -0.39 is 0 Å². The van der Waals surface area contributed by atoms with E-state index in [4.69, 9.17) is 0 Å². The molecule has 6 nitrogen and oxygen atoms in total. The number of H-pyrrole nitrogens is 1. The summed E-state index contributed by atoms with van der Waals surface area (Å²) >= 11 is 0. The Labute approximate surface area is 160 Å². The van der Waals surface area contributed by atoms with Crippen LogP contribution in [0, 0.1) is 12.8 Å². The number of nitrogens with zero attached hydrogens (tertiary/aromatic N) is 2. The van der Waals surface area contributed by atoms with Gasteiger partial charge in [0.2, 0.25) is 11.8 Å². The number of amides is 2. The first-order valence-electron chi connectivity index (χ1n) is 9.69. The van der Waals surface area contributed by atoms with Crippen molar-refractivity contribution in [3.63, 3.8) is 0 Å². The fraction of sp³-hybridized carbons (Fsp3) is 0.524. The van der Waals surface area contributed by atoms with Crippen molar-refractivity contribution in [2.45, 2.75) is 33.2 Å². The van der Waals surface area contributed by atoms with E-state index in [1.54, 1.807) is 4.90 Å². The molecular formula is C21H30N4O2. The minimum atomic E-state index is -0.246. The number of aryl methyl sites for hydroxylation is 2. The molecular weight excluding hydrogens is 340 g/mol. The van der Waals surface area contributed by atoms with Gasteiger partial charge in [-0.05, 0) is 50.7 Å². The second-order valence-corrected chi connectivity index (χ2v) is 7.72. The van der Waals surface area contributed by atoms with Crippen molar-refractivity contribution < 1.29 is 9.59 Å². The average molecular weight is 370 g/mol. The molecule has 1 unspecified atom stereocenters.